The molecule has 0 amide bonds. The van der Waals surface area contributed by atoms with Crippen molar-refractivity contribution in [2.75, 3.05) is 13.2 Å². The Kier molecular flexibility index (Phi) is 6.66. The van der Waals surface area contributed by atoms with Gasteiger partial charge in [0.1, 0.15) is 0 Å². The number of hydrogen-bond donors (Lipinski definition) is 0. The van der Waals surface area contributed by atoms with E-state index in [-0.39, 0.29) is 11.5 Å². The SMILES string of the molecule is CCOP(=O)(Cc1ccc(Cn2c3ccccc3c3c(C(F)(F)F)cccc32)cc1)OCC. The molecule has 0 saturated heterocycles. The minimum atomic E-state index is -4.44. The molecular weight excluding hydrogens is 450 g/mol. The molecule has 0 bridgehead atoms. The molecule has 0 aliphatic carbocycles. The van der Waals surface area contributed by atoms with Crippen LogP contribution in [0, 0.1) is 0 Å². The Bertz CT molecular complexity index is 1300. The highest BCUT2D eigenvalue weighted by Crippen LogP contribution is 2.51. The summed E-state index contributed by atoms with van der Waals surface area (Å²) in [5.41, 5.74) is 2.37. The molecule has 1 heterocycles. The number of halogens is 3. The fourth-order valence-electron chi connectivity index (χ4n) is 4.18. The van der Waals surface area contributed by atoms with Crippen molar-refractivity contribution in [2.45, 2.75) is 32.7 Å². The van der Waals surface area contributed by atoms with E-state index in [9.17, 15) is 17.7 Å². The Hall–Kier alpha value is -2.60. The zero-order valence-corrected chi connectivity index (χ0v) is 19.3. The predicted molar refractivity (Wildman–Crippen MR) is 125 cm³/mol. The van der Waals surface area contributed by atoms with E-state index < -0.39 is 19.3 Å². The zero-order valence-electron chi connectivity index (χ0n) is 18.4. The molecule has 0 aliphatic rings. The fraction of sp³-hybridized carbons (Fsp3) is 0.280. The molecule has 0 saturated carbocycles. The average Bonchev–Trinajstić information content (AvgIpc) is 3.08. The van der Waals surface area contributed by atoms with E-state index in [0.29, 0.717) is 30.7 Å². The van der Waals surface area contributed by atoms with E-state index in [0.717, 1.165) is 22.7 Å². The third-order valence-corrected chi connectivity index (χ3v) is 7.55. The Balaban J connectivity index is 1.70. The molecule has 0 N–H and O–H groups in total. The first-order valence-electron chi connectivity index (χ1n) is 10.8. The van der Waals surface area contributed by atoms with Crippen molar-refractivity contribution >= 4 is 29.4 Å². The summed E-state index contributed by atoms with van der Waals surface area (Å²) < 4.78 is 66.6. The van der Waals surface area contributed by atoms with Gasteiger partial charge in [-0.05, 0) is 43.2 Å². The molecule has 3 aromatic carbocycles. The van der Waals surface area contributed by atoms with Crippen molar-refractivity contribution < 1.29 is 26.8 Å². The van der Waals surface area contributed by atoms with Gasteiger partial charge in [0, 0.05) is 22.8 Å². The van der Waals surface area contributed by atoms with Crippen LogP contribution in [0.3, 0.4) is 0 Å². The Morgan fingerprint density at radius 3 is 2.06 bits per heavy atom. The topological polar surface area (TPSA) is 40.5 Å². The summed E-state index contributed by atoms with van der Waals surface area (Å²) in [6, 6.07) is 18.9. The molecule has 0 fully saturated rings. The van der Waals surface area contributed by atoms with Gasteiger partial charge in [-0.15, -0.1) is 0 Å². The largest absolute Gasteiger partial charge is 0.417 e. The molecule has 1 aromatic heterocycles. The molecule has 4 rings (SSSR count). The van der Waals surface area contributed by atoms with E-state index in [2.05, 4.69) is 0 Å². The minimum absolute atomic E-state index is 0.166. The standard InChI is InChI=1S/C25H25F3NO3P/c1-3-31-33(30,32-4-2)17-19-14-12-18(13-15-19)16-29-22-10-6-5-8-20(22)24-21(25(26,27)28)9-7-11-23(24)29/h5-15H,3-4,16-17H2,1-2H3. The fourth-order valence-corrected chi connectivity index (χ4v) is 5.89. The third kappa shape index (κ3) is 4.86. The van der Waals surface area contributed by atoms with Crippen molar-refractivity contribution in [3.63, 3.8) is 0 Å². The second-order valence-electron chi connectivity index (χ2n) is 7.72. The summed E-state index contributed by atoms with van der Waals surface area (Å²) in [6.07, 6.45) is -4.27. The van der Waals surface area contributed by atoms with Gasteiger partial charge in [0.05, 0.1) is 30.5 Å². The molecule has 174 valence electrons. The van der Waals surface area contributed by atoms with E-state index in [4.69, 9.17) is 9.05 Å². The maximum atomic E-state index is 13.7. The summed E-state index contributed by atoms with van der Waals surface area (Å²) >= 11 is 0. The molecule has 0 spiro atoms. The van der Waals surface area contributed by atoms with Crippen LogP contribution >= 0.6 is 7.60 Å². The van der Waals surface area contributed by atoms with Crippen LogP contribution in [0.25, 0.3) is 21.8 Å². The highest BCUT2D eigenvalue weighted by Gasteiger charge is 2.34. The van der Waals surface area contributed by atoms with Crippen molar-refractivity contribution in [3.8, 4) is 0 Å². The lowest BCUT2D eigenvalue weighted by Gasteiger charge is -2.17. The first kappa shape index (κ1) is 23.6. The molecule has 0 unspecified atom stereocenters. The van der Waals surface area contributed by atoms with Crippen LogP contribution in [0.1, 0.15) is 30.5 Å². The number of aromatic nitrogens is 1. The van der Waals surface area contributed by atoms with Gasteiger partial charge in [-0.25, -0.2) is 0 Å². The summed E-state index contributed by atoms with van der Waals surface area (Å²) in [5, 5.41) is 0.790. The molecule has 0 radical (unpaired) electrons. The van der Waals surface area contributed by atoms with Crippen LogP contribution < -0.4 is 0 Å². The highest BCUT2D eigenvalue weighted by atomic mass is 31.2. The first-order chi connectivity index (χ1) is 15.8. The van der Waals surface area contributed by atoms with Crippen LogP contribution in [-0.2, 0) is 32.5 Å². The van der Waals surface area contributed by atoms with Crippen molar-refractivity contribution in [3.05, 3.63) is 83.4 Å². The van der Waals surface area contributed by atoms with Gasteiger partial charge in [-0.2, -0.15) is 13.2 Å². The number of rotatable bonds is 8. The van der Waals surface area contributed by atoms with E-state index in [1.165, 1.54) is 6.07 Å². The predicted octanol–water partition coefficient (Wildman–Crippen LogP) is 7.63. The number of nitrogens with zero attached hydrogens (tertiary/aromatic N) is 1. The van der Waals surface area contributed by atoms with Gasteiger partial charge in [0.15, 0.2) is 0 Å². The average molecular weight is 475 g/mol. The lowest BCUT2D eigenvalue weighted by Crippen LogP contribution is -2.06. The Labute approximate surface area is 190 Å². The molecule has 0 aliphatic heterocycles. The van der Waals surface area contributed by atoms with E-state index in [1.54, 1.807) is 32.0 Å². The number of hydrogen-bond acceptors (Lipinski definition) is 3. The summed E-state index contributed by atoms with van der Waals surface area (Å²) in [6.45, 7) is 4.53. The molecule has 0 atom stereocenters. The smallest absolute Gasteiger partial charge is 0.336 e. The van der Waals surface area contributed by atoms with Gasteiger partial charge in [0.25, 0.3) is 0 Å². The quantitative estimate of drug-likeness (QED) is 0.246. The molecule has 33 heavy (non-hydrogen) atoms. The van der Waals surface area contributed by atoms with Gasteiger partial charge in [-0.3, -0.25) is 4.57 Å². The van der Waals surface area contributed by atoms with Gasteiger partial charge < -0.3 is 13.6 Å². The summed E-state index contributed by atoms with van der Waals surface area (Å²) in [5.74, 6) is 0. The normalized spacial score (nSPS) is 12.6. The molecule has 8 heteroatoms. The Morgan fingerprint density at radius 1 is 0.818 bits per heavy atom. The molecule has 4 nitrogen and oxygen atoms in total. The number of benzene rings is 3. The lowest BCUT2D eigenvalue weighted by molar-refractivity contribution is -0.136. The lowest BCUT2D eigenvalue weighted by atomic mass is 10.1. The molecular formula is C25H25F3NO3P. The van der Waals surface area contributed by atoms with Crippen LogP contribution in [0.4, 0.5) is 13.2 Å². The number of para-hydroxylation sites is 1. The number of fused-ring (bicyclic) bond motifs is 3. The van der Waals surface area contributed by atoms with Crippen molar-refractivity contribution in [1.29, 1.82) is 0 Å². The minimum Gasteiger partial charge on any atom is -0.336 e. The highest BCUT2D eigenvalue weighted by molar-refractivity contribution is 7.53. The maximum Gasteiger partial charge on any atom is 0.417 e. The van der Waals surface area contributed by atoms with Gasteiger partial charge in [0.2, 0.25) is 0 Å². The van der Waals surface area contributed by atoms with Crippen LogP contribution in [0.15, 0.2) is 66.7 Å². The zero-order chi connectivity index (χ0) is 23.6. The van der Waals surface area contributed by atoms with E-state index in [1.807, 2.05) is 41.0 Å². The second-order valence-corrected chi connectivity index (χ2v) is 9.78. The van der Waals surface area contributed by atoms with Crippen molar-refractivity contribution in [1.82, 2.24) is 4.57 Å². The van der Waals surface area contributed by atoms with Crippen LogP contribution in [0.5, 0.6) is 0 Å². The van der Waals surface area contributed by atoms with Gasteiger partial charge >= 0.3 is 13.8 Å². The van der Waals surface area contributed by atoms with Crippen molar-refractivity contribution in [2.24, 2.45) is 0 Å². The van der Waals surface area contributed by atoms with Crippen LogP contribution in [0.2, 0.25) is 0 Å². The van der Waals surface area contributed by atoms with Gasteiger partial charge in [-0.1, -0.05) is 48.5 Å². The van der Waals surface area contributed by atoms with E-state index >= 15 is 0 Å². The molecule has 4 aromatic rings. The maximum absolute atomic E-state index is 13.7. The summed E-state index contributed by atoms with van der Waals surface area (Å²) in [4.78, 5) is 0. The Morgan fingerprint density at radius 2 is 1.42 bits per heavy atom. The second kappa shape index (κ2) is 9.34. The number of alkyl halides is 3. The monoisotopic (exact) mass is 475 g/mol. The third-order valence-electron chi connectivity index (χ3n) is 5.49. The first-order valence-corrected chi connectivity index (χ1v) is 12.5. The summed E-state index contributed by atoms with van der Waals surface area (Å²) in [7, 11) is -3.21. The van der Waals surface area contributed by atoms with Crippen LogP contribution in [-0.4, -0.2) is 17.8 Å².